The Kier molecular flexibility index (Phi) is 10.5. The number of aromatic nitrogens is 1. The molecule has 0 bridgehead atoms. The lowest BCUT2D eigenvalue weighted by atomic mass is 9.97. The molecule has 4 rings (SSSR count). The average molecular weight is 553 g/mol. The maximum atomic E-state index is 12.1. The molecule has 1 fully saturated rings. The molecule has 1 aliphatic rings. The summed E-state index contributed by atoms with van der Waals surface area (Å²) >= 11 is 0. The third-order valence-corrected chi connectivity index (χ3v) is 5.16. The zero-order valence-electron chi connectivity index (χ0n) is 21.1. The zero-order valence-corrected chi connectivity index (χ0v) is 21.1. The highest BCUT2D eigenvalue weighted by Crippen LogP contribution is 2.28. The maximum Gasteiger partial charge on any atom is 0.573 e. The van der Waals surface area contributed by atoms with E-state index >= 15 is 0 Å². The molecule has 2 aromatic carbocycles. The minimum Gasteiger partial charge on any atom is -0.406 e. The van der Waals surface area contributed by atoms with Crippen LogP contribution in [0.1, 0.15) is 43.5 Å². The van der Waals surface area contributed by atoms with E-state index in [-0.39, 0.29) is 11.7 Å². The van der Waals surface area contributed by atoms with Crippen LogP contribution in [0.2, 0.25) is 0 Å². The molecule has 0 radical (unpaired) electrons. The molecule has 1 saturated heterocycles. The van der Waals surface area contributed by atoms with Crippen molar-refractivity contribution in [1.82, 2.24) is 4.98 Å². The summed E-state index contributed by atoms with van der Waals surface area (Å²) in [6.07, 6.45) is -6.26. The second-order valence-electron chi connectivity index (χ2n) is 8.82. The Balaban J connectivity index is 0.000000207. The first-order chi connectivity index (χ1) is 18.1. The summed E-state index contributed by atoms with van der Waals surface area (Å²) in [7, 11) is 0. The van der Waals surface area contributed by atoms with Gasteiger partial charge < -0.3 is 15.4 Å². The summed E-state index contributed by atoms with van der Waals surface area (Å²) in [6, 6.07) is 18.5. The lowest BCUT2D eigenvalue weighted by molar-refractivity contribution is -0.274. The Bertz CT molecular complexity index is 1200. The molecule has 208 valence electrons. The summed E-state index contributed by atoms with van der Waals surface area (Å²) in [5.41, 5.74) is 6.22. The van der Waals surface area contributed by atoms with Crippen LogP contribution in [0.4, 0.5) is 32.0 Å². The number of carbonyl (C=O) groups is 1. The van der Waals surface area contributed by atoms with Crippen molar-refractivity contribution in [2.24, 2.45) is 5.73 Å². The van der Waals surface area contributed by atoms with Gasteiger partial charge in [0, 0.05) is 30.4 Å². The Morgan fingerprint density at radius 2 is 1.56 bits per heavy atom. The van der Waals surface area contributed by atoms with Crippen molar-refractivity contribution in [3.8, 4) is 11.8 Å². The van der Waals surface area contributed by atoms with E-state index in [2.05, 4.69) is 15.8 Å². The van der Waals surface area contributed by atoms with E-state index in [9.17, 15) is 31.1 Å². The third-order valence-electron chi connectivity index (χ3n) is 5.16. The van der Waals surface area contributed by atoms with Crippen LogP contribution in [0.3, 0.4) is 0 Å². The molecule has 3 aromatic rings. The Morgan fingerprint density at radius 1 is 0.949 bits per heavy atom. The van der Waals surface area contributed by atoms with E-state index < -0.39 is 23.8 Å². The lowest BCUT2D eigenvalue weighted by Crippen LogP contribution is -2.29. The monoisotopic (exact) mass is 552 g/mol. The number of hydrogen-bond donors (Lipinski definition) is 1. The number of halogens is 6. The Hall–Kier alpha value is -4.11. The minimum absolute atomic E-state index is 0.176. The van der Waals surface area contributed by atoms with Gasteiger partial charge in [0.2, 0.25) is 5.91 Å². The number of pyridine rings is 1. The molecule has 6 nitrogen and oxygen atoms in total. The van der Waals surface area contributed by atoms with Crippen molar-refractivity contribution < 1.29 is 35.9 Å². The van der Waals surface area contributed by atoms with E-state index in [1.807, 2.05) is 12.1 Å². The largest absolute Gasteiger partial charge is 0.573 e. The molecule has 0 unspecified atom stereocenters. The van der Waals surface area contributed by atoms with Gasteiger partial charge in [-0.2, -0.15) is 18.4 Å². The number of benzene rings is 2. The predicted octanol–water partition coefficient (Wildman–Crippen LogP) is 6.56. The molecule has 12 heteroatoms. The highest BCUT2D eigenvalue weighted by molar-refractivity contribution is 5.95. The van der Waals surface area contributed by atoms with Crippen LogP contribution in [0.5, 0.6) is 5.75 Å². The number of hydrogen-bond acceptors (Lipinski definition) is 5. The molecule has 0 atom stereocenters. The fraction of sp³-hybridized carbons (Fsp3) is 0.296. The number of alkyl halides is 6. The van der Waals surface area contributed by atoms with Crippen LogP contribution in [0, 0.1) is 11.3 Å². The highest BCUT2D eigenvalue weighted by atomic mass is 19.4. The Morgan fingerprint density at radius 3 is 1.97 bits per heavy atom. The van der Waals surface area contributed by atoms with Gasteiger partial charge in [0.1, 0.15) is 11.4 Å². The summed E-state index contributed by atoms with van der Waals surface area (Å²) in [4.78, 5) is 16.5. The number of para-hydroxylation sites is 1. The number of rotatable bonds is 3. The molecule has 0 spiro atoms. The van der Waals surface area contributed by atoms with Gasteiger partial charge in [0.15, 0.2) is 0 Å². The number of anilines is 1. The normalized spacial score (nSPS) is 13.4. The van der Waals surface area contributed by atoms with Crippen molar-refractivity contribution in [2.45, 2.75) is 44.8 Å². The van der Waals surface area contributed by atoms with E-state index in [1.54, 1.807) is 36.9 Å². The number of nitrogens with zero attached hydrogens (tertiary/aromatic N) is 3. The van der Waals surface area contributed by atoms with Gasteiger partial charge in [-0.15, -0.1) is 13.2 Å². The second kappa shape index (κ2) is 13.1. The number of amides is 1. The quantitative estimate of drug-likeness (QED) is 0.372. The average Bonchev–Trinajstić information content (AvgIpc) is 3.29. The molecular weight excluding hydrogens is 526 g/mol. The smallest absolute Gasteiger partial charge is 0.406 e. The maximum absolute atomic E-state index is 12.1. The summed E-state index contributed by atoms with van der Waals surface area (Å²) in [6.45, 7) is 4.21. The van der Waals surface area contributed by atoms with Gasteiger partial charge in [-0.25, -0.2) is 0 Å². The summed E-state index contributed by atoms with van der Waals surface area (Å²) in [5.74, 6) is -0.0188. The van der Waals surface area contributed by atoms with Crippen molar-refractivity contribution in [1.29, 1.82) is 5.26 Å². The van der Waals surface area contributed by atoms with Crippen LogP contribution < -0.4 is 15.4 Å². The lowest BCUT2D eigenvalue weighted by Gasteiger charge is -2.18. The zero-order chi connectivity index (χ0) is 29.3. The van der Waals surface area contributed by atoms with Crippen LogP contribution in [-0.4, -0.2) is 23.8 Å². The second-order valence-corrected chi connectivity index (χ2v) is 8.82. The van der Waals surface area contributed by atoms with Crippen LogP contribution in [-0.2, 0) is 16.5 Å². The molecule has 0 saturated carbocycles. The summed E-state index contributed by atoms with van der Waals surface area (Å²) in [5, 5.41) is 8.62. The van der Waals surface area contributed by atoms with Gasteiger partial charge >= 0.3 is 12.5 Å². The van der Waals surface area contributed by atoms with Crippen molar-refractivity contribution >= 4 is 11.6 Å². The number of carbonyl (C=O) groups excluding carboxylic acids is 1. The predicted molar refractivity (Wildman–Crippen MR) is 132 cm³/mol. The molecular formula is C27H26F6N4O2. The van der Waals surface area contributed by atoms with E-state index in [0.29, 0.717) is 17.5 Å². The number of nitriles is 1. The molecule has 1 aliphatic heterocycles. The molecule has 2 heterocycles. The number of ether oxygens (including phenoxy) is 1. The molecule has 2 N–H and O–H groups in total. The van der Waals surface area contributed by atoms with Crippen molar-refractivity contribution in [2.75, 3.05) is 11.4 Å². The van der Waals surface area contributed by atoms with Gasteiger partial charge in [0.25, 0.3) is 0 Å². The van der Waals surface area contributed by atoms with Gasteiger partial charge in [-0.1, -0.05) is 24.3 Å². The standard InChI is InChI=1S/C11H10N2O.C9H11F3N2.C7H5F3O/c12-8-9-3-5-10(6-4-9)13-7-1-2-11(13)14;1-8(2,13)6-3-4-7(14-5-6)9(10,11)12;8-7(9,10)11-6-4-2-1-3-5-6/h3-6H,1-2,7H2;3-5H,13H2,1-2H3;1-5H. The summed E-state index contributed by atoms with van der Waals surface area (Å²) < 4.78 is 74.5. The van der Waals surface area contributed by atoms with Crippen LogP contribution >= 0.6 is 0 Å². The Labute approximate surface area is 221 Å². The van der Waals surface area contributed by atoms with E-state index in [1.165, 1.54) is 30.3 Å². The SMILES string of the molecule is CC(C)(N)c1ccc(C(F)(F)F)nc1.FC(F)(F)Oc1ccccc1.N#Cc1ccc(N2CCCC2=O)cc1. The van der Waals surface area contributed by atoms with Crippen molar-refractivity contribution in [3.05, 3.63) is 89.7 Å². The fourth-order valence-electron chi connectivity index (χ4n) is 3.20. The minimum atomic E-state index is -4.60. The third kappa shape index (κ3) is 10.6. The van der Waals surface area contributed by atoms with Crippen LogP contribution in [0.25, 0.3) is 0 Å². The molecule has 39 heavy (non-hydrogen) atoms. The van der Waals surface area contributed by atoms with Gasteiger partial charge in [-0.05, 0) is 68.3 Å². The fourth-order valence-corrected chi connectivity index (χ4v) is 3.20. The molecule has 0 aliphatic carbocycles. The van der Waals surface area contributed by atoms with Gasteiger partial charge in [-0.3, -0.25) is 9.78 Å². The molecule has 1 aromatic heterocycles. The van der Waals surface area contributed by atoms with E-state index in [4.69, 9.17) is 11.0 Å². The van der Waals surface area contributed by atoms with Crippen molar-refractivity contribution in [3.63, 3.8) is 0 Å². The first-order valence-electron chi connectivity index (χ1n) is 11.5. The van der Waals surface area contributed by atoms with Crippen LogP contribution in [0.15, 0.2) is 72.9 Å². The first-order valence-corrected chi connectivity index (χ1v) is 11.5. The van der Waals surface area contributed by atoms with Gasteiger partial charge in [0.05, 0.1) is 11.6 Å². The number of nitrogens with two attached hydrogens (primary N) is 1. The highest BCUT2D eigenvalue weighted by Gasteiger charge is 2.32. The van der Waals surface area contributed by atoms with E-state index in [0.717, 1.165) is 30.9 Å². The molecule has 1 amide bonds. The topological polar surface area (TPSA) is 92.2 Å². The first kappa shape index (κ1) is 31.1.